The Balaban J connectivity index is 1.92. The Morgan fingerprint density at radius 1 is 1.14 bits per heavy atom. The summed E-state index contributed by atoms with van der Waals surface area (Å²) in [5.74, 6) is 0.0994. The topological polar surface area (TPSA) is 42.2 Å². The molecule has 1 heterocycles. The first-order valence-electron chi connectivity index (χ1n) is 6.62. The second-order valence-electron chi connectivity index (χ2n) is 4.76. The van der Waals surface area contributed by atoms with Crippen LogP contribution in [0.5, 0.6) is 0 Å². The number of furan rings is 1. The van der Waals surface area contributed by atoms with Gasteiger partial charge in [0.25, 0.3) is 5.91 Å². The first-order valence-corrected chi connectivity index (χ1v) is 7.85. The number of anilines is 1. The fourth-order valence-electron chi connectivity index (χ4n) is 2.25. The van der Waals surface area contributed by atoms with E-state index in [0.717, 1.165) is 27.1 Å². The molecule has 0 aliphatic rings. The van der Waals surface area contributed by atoms with Gasteiger partial charge >= 0.3 is 0 Å². The molecule has 0 aliphatic carbocycles. The van der Waals surface area contributed by atoms with Crippen LogP contribution in [-0.2, 0) is 0 Å². The molecule has 0 radical (unpaired) electrons. The molecular formula is C17H15NO2S. The third kappa shape index (κ3) is 2.67. The van der Waals surface area contributed by atoms with Gasteiger partial charge in [0, 0.05) is 10.3 Å². The van der Waals surface area contributed by atoms with Gasteiger partial charge in [0.05, 0.1) is 5.69 Å². The quantitative estimate of drug-likeness (QED) is 0.711. The monoisotopic (exact) mass is 297 g/mol. The van der Waals surface area contributed by atoms with Crippen LogP contribution in [0.15, 0.2) is 57.8 Å². The lowest BCUT2D eigenvalue weighted by atomic mass is 10.2. The zero-order valence-electron chi connectivity index (χ0n) is 11.8. The standard InChI is InChI=1S/C17H15NO2S/c1-11-6-5-7-12-10-14(20-16(11)12)17(19)18-13-8-3-4-9-15(13)21-2/h3-10H,1-2H3,(H,18,19). The maximum atomic E-state index is 12.3. The smallest absolute Gasteiger partial charge is 0.291 e. The van der Waals surface area contributed by atoms with Gasteiger partial charge in [0.15, 0.2) is 5.76 Å². The average molecular weight is 297 g/mol. The van der Waals surface area contributed by atoms with Crippen molar-refractivity contribution >= 4 is 34.3 Å². The van der Waals surface area contributed by atoms with E-state index in [1.54, 1.807) is 17.8 Å². The number of hydrogen-bond acceptors (Lipinski definition) is 3. The minimum atomic E-state index is -0.230. The Morgan fingerprint density at radius 3 is 2.71 bits per heavy atom. The molecule has 1 aromatic heterocycles. The molecular weight excluding hydrogens is 282 g/mol. The average Bonchev–Trinajstić information content (AvgIpc) is 2.93. The van der Waals surface area contributed by atoms with E-state index in [2.05, 4.69) is 5.32 Å². The molecule has 21 heavy (non-hydrogen) atoms. The third-order valence-electron chi connectivity index (χ3n) is 3.32. The predicted molar refractivity (Wildman–Crippen MR) is 87.1 cm³/mol. The van der Waals surface area contributed by atoms with Crippen LogP contribution >= 0.6 is 11.8 Å². The summed E-state index contributed by atoms with van der Waals surface area (Å²) in [5.41, 5.74) is 2.59. The molecule has 0 bridgehead atoms. The largest absolute Gasteiger partial charge is 0.451 e. The first-order chi connectivity index (χ1) is 10.2. The summed E-state index contributed by atoms with van der Waals surface area (Å²) in [5, 5.41) is 3.85. The molecule has 4 heteroatoms. The molecule has 1 N–H and O–H groups in total. The summed E-state index contributed by atoms with van der Waals surface area (Å²) < 4.78 is 5.69. The summed E-state index contributed by atoms with van der Waals surface area (Å²) >= 11 is 1.59. The molecule has 106 valence electrons. The fourth-order valence-corrected chi connectivity index (χ4v) is 2.81. The number of carbonyl (C=O) groups is 1. The maximum absolute atomic E-state index is 12.3. The highest BCUT2D eigenvalue weighted by Crippen LogP contribution is 2.27. The van der Waals surface area contributed by atoms with E-state index < -0.39 is 0 Å². The van der Waals surface area contributed by atoms with Gasteiger partial charge in [-0.15, -0.1) is 11.8 Å². The van der Waals surface area contributed by atoms with Gasteiger partial charge in [-0.2, -0.15) is 0 Å². The lowest BCUT2D eigenvalue weighted by Crippen LogP contribution is -2.11. The Labute approximate surface area is 127 Å². The Hall–Kier alpha value is -2.20. The van der Waals surface area contributed by atoms with Gasteiger partial charge in [-0.1, -0.05) is 30.3 Å². The number of benzene rings is 2. The SMILES string of the molecule is CSc1ccccc1NC(=O)c1cc2cccc(C)c2o1. The molecule has 0 atom stereocenters. The summed E-state index contributed by atoms with van der Waals surface area (Å²) in [6, 6.07) is 15.4. The summed E-state index contributed by atoms with van der Waals surface area (Å²) in [7, 11) is 0. The number of hydrogen-bond donors (Lipinski definition) is 1. The fraction of sp³-hybridized carbons (Fsp3) is 0.118. The van der Waals surface area contributed by atoms with E-state index in [0.29, 0.717) is 5.76 Å². The van der Waals surface area contributed by atoms with E-state index in [1.165, 1.54) is 0 Å². The van der Waals surface area contributed by atoms with Crippen molar-refractivity contribution < 1.29 is 9.21 Å². The van der Waals surface area contributed by atoms with E-state index in [1.807, 2.05) is 55.6 Å². The zero-order valence-corrected chi connectivity index (χ0v) is 12.7. The van der Waals surface area contributed by atoms with Crippen LogP contribution in [0, 0.1) is 6.92 Å². The Bertz CT molecular complexity index is 807. The minimum absolute atomic E-state index is 0.230. The van der Waals surface area contributed by atoms with Crippen LogP contribution in [0.2, 0.25) is 0 Å². The molecule has 0 saturated carbocycles. The third-order valence-corrected chi connectivity index (χ3v) is 4.12. The summed E-state index contributed by atoms with van der Waals surface area (Å²) in [6.45, 7) is 1.97. The van der Waals surface area contributed by atoms with Crippen LogP contribution < -0.4 is 5.32 Å². The number of nitrogens with one attached hydrogen (secondary N) is 1. The second kappa shape index (κ2) is 5.66. The number of para-hydroxylation sites is 2. The van der Waals surface area contributed by atoms with Crippen molar-refractivity contribution in [3.05, 3.63) is 59.9 Å². The zero-order chi connectivity index (χ0) is 14.8. The molecule has 0 spiro atoms. The molecule has 2 aromatic carbocycles. The van der Waals surface area contributed by atoms with Gasteiger partial charge in [-0.25, -0.2) is 0 Å². The number of rotatable bonds is 3. The summed E-state index contributed by atoms with van der Waals surface area (Å²) in [4.78, 5) is 13.4. The second-order valence-corrected chi connectivity index (χ2v) is 5.61. The number of amides is 1. The highest BCUT2D eigenvalue weighted by Gasteiger charge is 2.14. The highest BCUT2D eigenvalue weighted by atomic mass is 32.2. The van der Waals surface area contributed by atoms with Crippen LogP contribution in [0.3, 0.4) is 0 Å². The van der Waals surface area contributed by atoms with Gasteiger partial charge in [-0.05, 0) is 36.9 Å². The summed E-state index contributed by atoms with van der Waals surface area (Å²) in [6.07, 6.45) is 1.98. The highest BCUT2D eigenvalue weighted by molar-refractivity contribution is 7.98. The van der Waals surface area contributed by atoms with Crippen molar-refractivity contribution in [1.29, 1.82) is 0 Å². The van der Waals surface area contributed by atoms with Gasteiger partial charge in [-0.3, -0.25) is 4.79 Å². The molecule has 3 nitrogen and oxygen atoms in total. The lowest BCUT2D eigenvalue weighted by Gasteiger charge is -2.07. The molecule has 0 saturated heterocycles. The van der Waals surface area contributed by atoms with E-state index in [-0.39, 0.29) is 5.91 Å². The van der Waals surface area contributed by atoms with Crippen molar-refractivity contribution in [3.8, 4) is 0 Å². The maximum Gasteiger partial charge on any atom is 0.291 e. The molecule has 0 unspecified atom stereocenters. The molecule has 3 rings (SSSR count). The Kier molecular flexibility index (Phi) is 3.71. The number of fused-ring (bicyclic) bond motifs is 1. The first kappa shape index (κ1) is 13.8. The molecule has 1 amide bonds. The molecule has 0 aliphatic heterocycles. The van der Waals surface area contributed by atoms with Crippen molar-refractivity contribution in [3.63, 3.8) is 0 Å². The predicted octanol–water partition coefficient (Wildman–Crippen LogP) is 4.72. The van der Waals surface area contributed by atoms with Gasteiger partial charge < -0.3 is 9.73 Å². The van der Waals surface area contributed by atoms with Crippen LogP contribution in [0.4, 0.5) is 5.69 Å². The normalized spacial score (nSPS) is 10.8. The van der Waals surface area contributed by atoms with E-state index in [4.69, 9.17) is 4.42 Å². The van der Waals surface area contributed by atoms with Crippen molar-refractivity contribution in [2.45, 2.75) is 11.8 Å². The lowest BCUT2D eigenvalue weighted by molar-refractivity contribution is 0.0998. The van der Waals surface area contributed by atoms with Crippen LogP contribution in [-0.4, -0.2) is 12.2 Å². The van der Waals surface area contributed by atoms with E-state index >= 15 is 0 Å². The number of carbonyl (C=O) groups excluding carboxylic acids is 1. The number of aryl methyl sites for hydroxylation is 1. The Morgan fingerprint density at radius 2 is 1.95 bits per heavy atom. The molecule has 3 aromatic rings. The minimum Gasteiger partial charge on any atom is -0.451 e. The van der Waals surface area contributed by atoms with Crippen molar-refractivity contribution in [2.75, 3.05) is 11.6 Å². The number of thioether (sulfide) groups is 1. The van der Waals surface area contributed by atoms with Gasteiger partial charge in [0.1, 0.15) is 5.58 Å². The van der Waals surface area contributed by atoms with Crippen LogP contribution in [0.1, 0.15) is 16.1 Å². The van der Waals surface area contributed by atoms with E-state index in [9.17, 15) is 4.79 Å². The van der Waals surface area contributed by atoms with Crippen molar-refractivity contribution in [2.24, 2.45) is 0 Å². The van der Waals surface area contributed by atoms with Crippen LogP contribution in [0.25, 0.3) is 11.0 Å². The van der Waals surface area contributed by atoms with Crippen molar-refractivity contribution in [1.82, 2.24) is 0 Å². The van der Waals surface area contributed by atoms with Gasteiger partial charge in [0.2, 0.25) is 0 Å². The molecule has 0 fully saturated rings.